The molecule has 4 heteroatoms. The van der Waals surface area contributed by atoms with Crippen LogP contribution in [0.4, 0.5) is 0 Å². The van der Waals surface area contributed by atoms with Crippen molar-refractivity contribution in [2.75, 3.05) is 26.8 Å². The molecule has 0 aliphatic carbocycles. The average Bonchev–Trinajstić information content (AvgIpc) is 2.62. The van der Waals surface area contributed by atoms with Crippen molar-refractivity contribution in [3.63, 3.8) is 0 Å². The van der Waals surface area contributed by atoms with Crippen LogP contribution in [0.15, 0.2) is 48.5 Å². The summed E-state index contributed by atoms with van der Waals surface area (Å²) in [6.45, 7) is 3.04. The highest BCUT2D eigenvalue weighted by atomic mass is 16.5. The zero-order valence-electron chi connectivity index (χ0n) is 13.6. The zero-order chi connectivity index (χ0) is 16.1. The first-order valence-electron chi connectivity index (χ1n) is 8.16. The molecular formula is C19H24N2O2. The molecule has 2 heterocycles. The minimum Gasteiger partial charge on any atom is -0.481 e. The largest absolute Gasteiger partial charge is 0.481 e. The Balaban J connectivity index is 1.75. The Labute approximate surface area is 137 Å². The molecule has 1 aliphatic heterocycles. The minimum absolute atomic E-state index is 0.228. The fraction of sp³-hybridized carbons (Fsp3) is 0.421. The molecule has 0 saturated carbocycles. The van der Waals surface area contributed by atoms with Gasteiger partial charge in [-0.3, -0.25) is 4.90 Å². The van der Waals surface area contributed by atoms with Crippen LogP contribution in [0.2, 0.25) is 0 Å². The molecule has 0 radical (unpaired) electrons. The van der Waals surface area contributed by atoms with Crippen molar-refractivity contribution >= 4 is 0 Å². The number of benzene rings is 1. The second-order valence-electron chi connectivity index (χ2n) is 6.27. The molecule has 3 rings (SSSR count). The van der Waals surface area contributed by atoms with Crippen LogP contribution in [0.25, 0.3) is 0 Å². The monoisotopic (exact) mass is 312 g/mol. The molecule has 23 heavy (non-hydrogen) atoms. The summed E-state index contributed by atoms with van der Waals surface area (Å²) in [5.41, 5.74) is 2.36. The van der Waals surface area contributed by atoms with E-state index in [1.807, 2.05) is 18.2 Å². The number of piperidine rings is 1. The Morgan fingerprint density at radius 1 is 1.13 bits per heavy atom. The van der Waals surface area contributed by atoms with Gasteiger partial charge in [-0.2, -0.15) is 0 Å². The van der Waals surface area contributed by atoms with Crippen molar-refractivity contribution in [1.82, 2.24) is 9.88 Å². The quantitative estimate of drug-likeness (QED) is 0.922. The number of aromatic nitrogens is 1. The fourth-order valence-corrected chi connectivity index (χ4v) is 3.39. The molecule has 0 amide bonds. The lowest BCUT2D eigenvalue weighted by Gasteiger charge is -2.37. The Kier molecular flexibility index (Phi) is 5.26. The lowest BCUT2D eigenvalue weighted by atomic mass is 9.87. The highest BCUT2D eigenvalue weighted by Gasteiger charge is 2.28. The topological polar surface area (TPSA) is 45.6 Å². The van der Waals surface area contributed by atoms with E-state index < -0.39 is 0 Å². The second-order valence-corrected chi connectivity index (χ2v) is 6.27. The summed E-state index contributed by atoms with van der Waals surface area (Å²) < 4.78 is 5.25. The van der Waals surface area contributed by atoms with Gasteiger partial charge in [0.25, 0.3) is 0 Å². The number of likely N-dealkylation sites (tertiary alicyclic amines) is 1. The predicted molar refractivity (Wildman–Crippen MR) is 90.4 cm³/mol. The van der Waals surface area contributed by atoms with E-state index in [1.165, 1.54) is 5.56 Å². The Morgan fingerprint density at radius 3 is 2.70 bits per heavy atom. The summed E-state index contributed by atoms with van der Waals surface area (Å²) in [4.78, 5) is 7.02. The summed E-state index contributed by atoms with van der Waals surface area (Å²) in [5, 5.41) is 9.67. The van der Waals surface area contributed by atoms with Gasteiger partial charge in [0, 0.05) is 43.9 Å². The van der Waals surface area contributed by atoms with Gasteiger partial charge in [-0.25, -0.2) is 4.98 Å². The summed E-state index contributed by atoms with van der Waals surface area (Å²) in [7, 11) is 1.64. The van der Waals surface area contributed by atoms with Crippen molar-refractivity contribution < 1.29 is 9.84 Å². The molecule has 1 aromatic carbocycles. The van der Waals surface area contributed by atoms with Crippen LogP contribution < -0.4 is 4.74 Å². The zero-order valence-corrected chi connectivity index (χ0v) is 13.6. The molecule has 1 saturated heterocycles. The van der Waals surface area contributed by atoms with Gasteiger partial charge in [0.15, 0.2) is 0 Å². The van der Waals surface area contributed by atoms with Crippen molar-refractivity contribution in [3.8, 4) is 5.88 Å². The number of aliphatic hydroxyl groups is 1. The van der Waals surface area contributed by atoms with E-state index in [0.717, 1.165) is 31.7 Å². The van der Waals surface area contributed by atoms with E-state index in [-0.39, 0.29) is 6.61 Å². The van der Waals surface area contributed by atoms with Gasteiger partial charge >= 0.3 is 0 Å². The highest BCUT2D eigenvalue weighted by Crippen LogP contribution is 2.30. The molecule has 0 spiro atoms. The van der Waals surface area contributed by atoms with Gasteiger partial charge < -0.3 is 9.84 Å². The molecule has 1 aromatic heterocycles. The van der Waals surface area contributed by atoms with Crippen LogP contribution in [0, 0.1) is 5.92 Å². The van der Waals surface area contributed by atoms with Gasteiger partial charge in [0.1, 0.15) is 0 Å². The molecule has 0 bridgehead atoms. The van der Waals surface area contributed by atoms with E-state index in [2.05, 4.69) is 40.2 Å². The highest BCUT2D eigenvalue weighted by molar-refractivity contribution is 5.20. The molecule has 2 aromatic rings. The molecule has 0 unspecified atom stereocenters. The van der Waals surface area contributed by atoms with Crippen LogP contribution in [0.1, 0.15) is 23.6 Å². The van der Waals surface area contributed by atoms with E-state index in [4.69, 9.17) is 4.74 Å². The van der Waals surface area contributed by atoms with Crippen LogP contribution >= 0.6 is 0 Å². The van der Waals surface area contributed by atoms with Crippen LogP contribution in [0.3, 0.4) is 0 Å². The summed E-state index contributed by atoms with van der Waals surface area (Å²) in [5.74, 6) is 1.29. The van der Waals surface area contributed by atoms with Crippen LogP contribution in [0.5, 0.6) is 5.88 Å². The summed E-state index contributed by atoms with van der Waals surface area (Å²) in [6, 6.07) is 16.4. The minimum atomic E-state index is 0.228. The molecule has 1 fully saturated rings. The SMILES string of the molecule is COc1cccc([C@@H]2C[C@H](CO)CN(Cc3ccccc3)C2)n1. The van der Waals surface area contributed by atoms with E-state index in [0.29, 0.717) is 17.7 Å². The maximum atomic E-state index is 9.67. The van der Waals surface area contributed by atoms with Gasteiger partial charge in [0.2, 0.25) is 5.88 Å². The first-order chi connectivity index (χ1) is 11.3. The third-order valence-electron chi connectivity index (χ3n) is 4.49. The number of aliphatic hydroxyl groups excluding tert-OH is 1. The number of methoxy groups -OCH3 is 1. The van der Waals surface area contributed by atoms with E-state index >= 15 is 0 Å². The van der Waals surface area contributed by atoms with Crippen molar-refractivity contribution in [2.24, 2.45) is 5.92 Å². The van der Waals surface area contributed by atoms with Crippen LogP contribution in [-0.2, 0) is 6.54 Å². The normalized spacial score (nSPS) is 22.0. The third kappa shape index (κ3) is 4.09. The summed E-state index contributed by atoms with van der Waals surface area (Å²) >= 11 is 0. The maximum absolute atomic E-state index is 9.67. The maximum Gasteiger partial charge on any atom is 0.213 e. The molecule has 4 nitrogen and oxygen atoms in total. The molecule has 122 valence electrons. The van der Waals surface area contributed by atoms with Gasteiger partial charge in [0.05, 0.1) is 7.11 Å². The number of ether oxygens (including phenoxy) is 1. The van der Waals surface area contributed by atoms with Gasteiger partial charge in [-0.1, -0.05) is 36.4 Å². The second kappa shape index (κ2) is 7.57. The Hall–Kier alpha value is -1.91. The van der Waals surface area contributed by atoms with Crippen molar-refractivity contribution in [3.05, 3.63) is 59.8 Å². The van der Waals surface area contributed by atoms with E-state index in [9.17, 15) is 5.11 Å². The van der Waals surface area contributed by atoms with Gasteiger partial charge in [-0.15, -0.1) is 0 Å². The third-order valence-corrected chi connectivity index (χ3v) is 4.49. The molecule has 1 N–H and O–H groups in total. The van der Waals surface area contributed by atoms with Crippen molar-refractivity contribution in [1.29, 1.82) is 0 Å². The summed E-state index contributed by atoms with van der Waals surface area (Å²) in [6.07, 6.45) is 0.974. The predicted octanol–water partition coefficient (Wildman–Crippen LogP) is 2.69. The van der Waals surface area contributed by atoms with Gasteiger partial charge in [-0.05, 0) is 24.0 Å². The number of nitrogens with zero attached hydrogens (tertiary/aromatic N) is 2. The lowest BCUT2D eigenvalue weighted by molar-refractivity contribution is 0.101. The number of hydrogen-bond acceptors (Lipinski definition) is 4. The number of hydrogen-bond donors (Lipinski definition) is 1. The number of rotatable bonds is 5. The molecule has 2 atom stereocenters. The number of pyridine rings is 1. The molecular weight excluding hydrogens is 288 g/mol. The lowest BCUT2D eigenvalue weighted by Crippen LogP contribution is -2.40. The Bertz CT molecular complexity index is 618. The standard InChI is InChI=1S/C19H24N2O2/c1-23-19-9-5-8-18(20-19)17-10-16(14-22)12-21(13-17)11-15-6-3-2-4-7-15/h2-9,16-17,22H,10-14H2,1H3/t16-,17+/m0/s1. The van der Waals surface area contributed by atoms with E-state index in [1.54, 1.807) is 7.11 Å². The van der Waals surface area contributed by atoms with Crippen LogP contribution in [-0.4, -0.2) is 41.8 Å². The smallest absolute Gasteiger partial charge is 0.213 e. The Morgan fingerprint density at radius 2 is 1.96 bits per heavy atom. The first kappa shape index (κ1) is 16.0. The fourth-order valence-electron chi connectivity index (χ4n) is 3.39. The first-order valence-corrected chi connectivity index (χ1v) is 8.16. The average molecular weight is 312 g/mol. The van der Waals surface area contributed by atoms with Crippen molar-refractivity contribution in [2.45, 2.75) is 18.9 Å². The molecule has 1 aliphatic rings.